The molecule has 0 aliphatic carbocycles. The van der Waals surface area contributed by atoms with Crippen LogP contribution in [0.5, 0.6) is 11.5 Å². The van der Waals surface area contributed by atoms with Crippen molar-refractivity contribution >= 4 is 28.2 Å². The number of fused-ring (bicyclic) bond motifs is 1. The van der Waals surface area contributed by atoms with Crippen LogP contribution in [0.25, 0.3) is 22.6 Å². The molecule has 8 heteroatoms. The number of anilines is 1. The van der Waals surface area contributed by atoms with Gasteiger partial charge in [0.1, 0.15) is 19.0 Å². The number of ether oxygens (including phenoxy) is 2. The van der Waals surface area contributed by atoms with Crippen LogP contribution in [-0.2, 0) is 0 Å². The van der Waals surface area contributed by atoms with E-state index in [0.717, 1.165) is 16.8 Å². The van der Waals surface area contributed by atoms with E-state index >= 15 is 0 Å². The molecular weight excluding hydrogens is 428 g/mol. The fourth-order valence-corrected chi connectivity index (χ4v) is 4.02. The highest BCUT2D eigenvalue weighted by Gasteiger charge is 2.17. The molecule has 1 aliphatic rings. The van der Waals surface area contributed by atoms with Gasteiger partial charge in [0.15, 0.2) is 28.2 Å². The third kappa shape index (κ3) is 4.00. The zero-order valence-electron chi connectivity index (χ0n) is 17.1. The molecule has 4 aromatic rings. The zero-order valence-corrected chi connectivity index (χ0v) is 17.9. The number of carbonyl (C=O) groups excluding carboxylic acids is 2. The summed E-state index contributed by atoms with van der Waals surface area (Å²) in [5.74, 6) is 1.72. The molecule has 0 saturated heterocycles. The number of thiazole rings is 1. The van der Waals surface area contributed by atoms with Crippen LogP contribution in [0, 0.1) is 0 Å². The highest BCUT2D eigenvalue weighted by Crippen LogP contribution is 2.35. The summed E-state index contributed by atoms with van der Waals surface area (Å²) < 4.78 is 16.9. The number of rotatable bonds is 5. The van der Waals surface area contributed by atoms with Crippen LogP contribution in [-0.4, -0.2) is 29.9 Å². The van der Waals surface area contributed by atoms with E-state index in [1.165, 1.54) is 18.3 Å². The number of nitrogens with one attached hydrogen (secondary N) is 1. The van der Waals surface area contributed by atoms with E-state index in [-0.39, 0.29) is 17.5 Å². The number of hydrogen-bond donors (Lipinski definition) is 1. The van der Waals surface area contributed by atoms with Crippen molar-refractivity contribution in [1.29, 1.82) is 0 Å². The van der Waals surface area contributed by atoms with E-state index in [4.69, 9.17) is 13.9 Å². The van der Waals surface area contributed by atoms with Crippen molar-refractivity contribution in [3.8, 4) is 34.1 Å². The molecule has 3 heterocycles. The summed E-state index contributed by atoms with van der Waals surface area (Å²) in [6, 6.07) is 16.0. The molecule has 2 aromatic heterocycles. The van der Waals surface area contributed by atoms with Crippen molar-refractivity contribution in [2.45, 2.75) is 6.92 Å². The van der Waals surface area contributed by atoms with Crippen LogP contribution >= 0.6 is 11.3 Å². The lowest BCUT2D eigenvalue weighted by Crippen LogP contribution is -2.15. The number of aromatic nitrogens is 1. The molecule has 0 bridgehead atoms. The Morgan fingerprint density at radius 2 is 1.69 bits per heavy atom. The molecule has 0 radical (unpaired) electrons. The highest BCUT2D eigenvalue weighted by atomic mass is 32.1. The zero-order chi connectivity index (χ0) is 22.1. The predicted molar refractivity (Wildman–Crippen MR) is 121 cm³/mol. The fourth-order valence-electron chi connectivity index (χ4n) is 3.31. The molecule has 0 unspecified atom stereocenters. The van der Waals surface area contributed by atoms with E-state index in [1.807, 2.05) is 23.6 Å². The molecular formula is C24H18N2O5S. The summed E-state index contributed by atoms with van der Waals surface area (Å²) in [6.45, 7) is 2.57. The van der Waals surface area contributed by atoms with Gasteiger partial charge in [-0.05, 0) is 37.3 Å². The van der Waals surface area contributed by atoms with Gasteiger partial charge in [0, 0.05) is 22.1 Å². The summed E-state index contributed by atoms with van der Waals surface area (Å²) in [4.78, 5) is 28.5. The Morgan fingerprint density at radius 3 is 2.47 bits per heavy atom. The molecule has 2 aromatic carbocycles. The monoisotopic (exact) mass is 446 g/mol. The maximum absolute atomic E-state index is 12.6. The first-order chi connectivity index (χ1) is 15.6. The lowest BCUT2D eigenvalue weighted by molar-refractivity contribution is 0.0994. The fraction of sp³-hybridized carbons (Fsp3) is 0.125. The molecule has 7 nitrogen and oxygen atoms in total. The third-order valence-corrected chi connectivity index (χ3v) is 5.73. The first-order valence-electron chi connectivity index (χ1n) is 9.95. The van der Waals surface area contributed by atoms with Crippen molar-refractivity contribution in [1.82, 2.24) is 4.98 Å². The number of benzene rings is 2. The van der Waals surface area contributed by atoms with Crippen LogP contribution in [0.4, 0.5) is 5.13 Å². The highest BCUT2D eigenvalue weighted by molar-refractivity contribution is 7.14. The van der Waals surface area contributed by atoms with Crippen LogP contribution in [0.3, 0.4) is 0 Å². The van der Waals surface area contributed by atoms with Crippen LogP contribution < -0.4 is 14.8 Å². The molecule has 32 heavy (non-hydrogen) atoms. The van der Waals surface area contributed by atoms with Gasteiger partial charge < -0.3 is 13.9 Å². The summed E-state index contributed by atoms with van der Waals surface area (Å²) in [5, 5.41) is 5.10. The summed E-state index contributed by atoms with van der Waals surface area (Å²) >= 11 is 1.32. The number of Topliss-reactive ketones (excluding diaryl/α,β-unsaturated/α-hetero) is 1. The first-order valence-corrected chi connectivity index (χ1v) is 10.8. The van der Waals surface area contributed by atoms with Crippen molar-refractivity contribution in [3.63, 3.8) is 0 Å². The summed E-state index contributed by atoms with van der Waals surface area (Å²) in [7, 11) is 0. The molecule has 5 rings (SSSR count). The summed E-state index contributed by atoms with van der Waals surface area (Å²) in [5.41, 5.74) is 3.01. The Hall–Kier alpha value is -3.91. The minimum Gasteiger partial charge on any atom is -0.486 e. The van der Waals surface area contributed by atoms with Crippen LogP contribution in [0.15, 0.2) is 64.4 Å². The van der Waals surface area contributed by atoms with Gasteiger partial charge in [0.2, 0.25) is 0 Å². The summed E-state index contributed by atoms with van der Waals surface area (Å²) in [6.07, 6.45) is 0. The number of ketones is 1. The van der Waals surface area contributed by atoms with Crippen LogP contribution in [0.2, 0.25) is 0 Å². The minimum atomic E-state index is -0.389. The molecule has 0 saturated carbocycles. The van der Waals surface area contributed by atoms with Crippen LogP contribution in [0.1, 0.15) is 27.8 Å². The minimum absolute atomic E-state index is 0.00451. The van der Waals surface area contributed by atoms with Gasteiger partial charge in [-0.25, -0.2) is 4.98 Å². The molecule has 1 amide bonds. The first kappa shape index (κ1) is 20.0. The van der Waals surface area contributed by atoms with E-state index in [1.54, 1.807) is 36.4 Å². The van der Waals surface area contributed by atoms with Gasteiger partial charge in [-0.2, -0.15) is 0 Å². The average molecular weight is 446 g/mol. The van der Waals surface area contributed by atoms with Crippen molar-refractivity contribution in [2.24, 2.45) is 0 Å². The van der Waals surface area contributed by atoms with E-state index in [0.29, 0.717) is 41.2 Å². The maximum atomic E-state index is 12.6. The van der Waals surface area contributed by atoms with Gasteiger partial charge in [0.05, 0.1) is 5.69 Å². The average Bonchev–Trinajstić information content (AvgIpc) is 3.49. The Kier molecular flexibility index (Phi) is 5.20. The second kappa shape index (κ2) is 8.32. The lowest BCUT2D eigenvalue weighted by atomic mass is 10.1. The Balaban J connectivity index is 1.29. The second-order valence-corrected chi connectivity index (χ2v) is 8.01. The SMILES string of the molecule is CC(=O)c1ccc(-c2ccc(C(=O)Nc3nc(-c4ccc5c(c4)OCCO5)cs3)o2)cc1. The van der Waals surface area contributed by atoms with Gasteiger partial charge in [-0.3, -0.25) is 14.9 Å². The standard InChI is InChI=1S/C24H18N2O5S/c1-14(27)15-2-4-16(5-3-15)19-8-9-21(31-19)23(28)26-24-25-18(13-32-24)17-6-7-20-22(12-17)30-11-10-29-20/h2-9,12-13H,10-11H2,1H3,(H,25,26,28). The number of carbonyl (C=O) groups is 2. The van der Waals surface area contributed by atoms with Gasteiger partial charge in [-0.15, -0.1) is 11.3 Å². The van der Waals surface area contributed by atoms with Crippen molar-refractivity contribution in [2.75, 3.05) is 18.5 Å². The van der Waals surface area contributed by atoms with E-state index in [2.05, 4.69) is 10.3 Å². The number of amides is 1. The molecule has 1 N–H and O–H groups in total. The third-order valence-electron chi connectivity index (χ3n) is 4.97. The second-order valence-electron chi connectivity index (χ2n) is 7.15. The number of hydrogen-bond acceptors (Lipinski definition) is 7. The Labute approximate surface area is 187 Å². The van der Waals surface area contributed by atoms with Crippen molar-refractivity contribution < 1.29 is 23.5 Å². The molecule has 0 fully saturated rings. The van der Waals surface area contributed by atoms with E-state index in [9.17, 15) is 9.59 Å². The Bertz CT molecular complexity index is 1310. The lowest BCUT2D eigenvalue weighted by Gasteiger charge is -2.18. The molecule has 0 atom stereocenters. The van der Waals surface area contributed by atoms with Gasteiger partial charge >= 0.3 is 0 Å². The maximum Gasteiger partial charge on any atom is 0.293 e. The number of furan rings is 1. The van der Waals surface area contributed by atoms with Gasteiger partial charge in [0.25, 0.3) is 5.91 Å². The Morgan fingerprint density at radius 1 is 0.938 bits per heavy atom. The predicted octanol–water partition coefficient (Wildman–Crippen LogP) is 5.30. The van der Waals surface area contributed by atoms with Gasteiger partial charge in [-0.1, -0.05) is 24.3 Å². The number of nitrogens with zero attached hydrogens (tertiary/aromatic N) is 1. The largest absolute Gasteiger partial charge is 0.486 e. The quantitative estimate of drug-likeness (QED) is 0.419. The topological polar surface area (TPSA) is 90.7 Å². The van der Waals surface area contributed by atoms with E-state index < -0.39 is 0 Å². The smallest absolute Gasteiger partial charge is 0.293 e. The molecule has 0 spiro atoms. The molecule has 1 aliphatic heterocycles. The normalized spacial score (nSPS) is 12.4. The molecule has 160 valence electrons. The van der Waals surface area contributed by atoms with Crippen molar-refractivity contribution in [3.05, 3.63) is 71.3 Å².